The van der Waals surface area contributed by atoms with Crippen LogP contribution < -0.4 is 16.0 Å². The van der Waals surface area contributed by atoms with Gasteiger partial charge in [-0.15, -0.1) is 0 Å². The third kappa shape index (κ3) is 4.69. The van der Waals surface area contributed by atoms with E-state index in [4.69, 9.17) is 5.73 Å². The second kappa shape index (κ2) is 9.01. The van der Waals surface area contributed by atoms with Gasteiger partial charge in [0.1, 0.15) is 11.3 Å². The smallest absolute Gasteiger partial charge is 0.225 e. The number of hydrogen-bond donors (Lipinski definition) is 3. The number of anilines is 3. The summed E-state index contributed by atoms with van der Waals surface area (Å²) >= 11 is 0. The van der Waals surface area contributed by atoms with Gasteiger partial charge in [-0.1, -0.05) is 19.8 Å². The van der Waals surface area contributed by atoms with Crippen LogP contribution in [-0.4, -0.2) is 50.3 Å². The van der Waals surface area contributed by atoms with Crippen molar-refractivity contribution in [1.29, 1.82) is 0 Å². The number of nitrogens with one attached hydrogen (secondary N) is 1. The van der Waals surface area contributed by atoms with Gasteiger partial charge in [-0.2, -0.15) is 0 Å². The molecule has 1 saturated heterocycles. The van der Waals surface area contributed by atoms with Crippen molar-refractivity contribution in [2.75, 3.05) is 35.6 Å². The van der Waals surface area contributed by atoms with E-state index in [2.05, 4.69) is 37.1 Å². The van der Waals surface area contributed by atoms with E-state index < -0.39 is 5.54 Å². The Kier molecular flexibility index (Phi) is 6.18. The molecule has 1 aliphatic heterocycles. The molecule has 31 heavy (non-hydrogen) atoms. The lowest BCUT2D eigenvalue weighted by Crippen LogP contribution is -2.38. The van der Waals surface area contributed by atoms with E-state index in [1.54, 1.807) is 6.07 Å². The number of nitrogens with two attached hydrogens (primary N) is 1. The molecule has 4 rings (SSSR count). The summed E-state index contributed by atoms with van der Waals surface area (Å²) in [5, 5.41) is 13.4. The summed E-state index contributed by atoms with van der Waals surface area (Å²) in [6.07, 6.45) is 10.8. The van der Waals surface area contributed by atoms with E-state index >= 15 is 0 Å². The molecule has 164 valence electrons. The fourth-order valence-corrected chi connectivity index (χ4v) is 4.01. The van der Waals surface area contributed by atoms with Crippen LogP contribution in [0.1, 0.15) is 46.0 Å². The molecule has 0 amide bonds. The van der Waals surface area contributed by atoms with Crippen LogP contribution in [0.2, 0.25) is 0 Å². The Morgan fingerprint density at radius 3 is 2.48 bits per heavy atom. The van der Waals surface area contributed by atoms with Crippen molar-refractivity contribution < 1.29 is 5.11 Å². The number of aliphatic hydroxyl groups excluding tert-OH is 1. The zero-order valence-corrected chi connectivity index (χ0v) is 18.3. The van der Waals surface area contributed by atoms with Gasteiger partial charge in [-0.05, 0) is 32.3 Å². The molecule has 1 aliphatic rings. The standard InChI is InChI=1S/C23H31N7O/c1-3-4-7-23(2,15-31)29-19-11-20(24)28-18-10-16(12-25-21(18)19)17-13-26-22(27-14-17)30-8-5-6-9-30/h10-14,31H,3-9,15H2,1-2H3,(H3,24,28,29). The number of hydrogen-bond acceptors (Lipinski definition) is 8. The number of nitrogen functional groups attached to an aromatic ring is 1. The van der Waals surface area contributed by atoms with Gasteiger partial charge in [0, 0.05) is 48.9 Å². The Hall–Kier alpha value is -3.00. The van der Waals surface area contributed by atoms with E-state index in [1.165, 1.54) is 12.8 Å². The summed E-state index contributed by atoms with van der Waals surface area (Å²) in [6, 6.07) is 3.74. The lowest BCUT2D eigenvalue weighted by atomic mass is 9.95. The highest BCUT2D eigenvalue weighted by Crippen LogP contribution is 2.30. The molecule has 4 N–H and O–H groups in total. The van der Waals surface area contributed by atoms with Gasteiger partial charge in [-0.25, -0.2) is 15.0 Å². The molecule has 0 aromatic carbocycles. The quantitative estimate of drug-likeness (QED) is 0.505. The Morgan fingerprint density at radius 1 is 1.10 bits per heavy atom. The maximum atomic E-state index is 9.96. The van der Waals surface area contributed by atoms with Gasteiger partial charge in [0.2, 0.25) is 5.95 Å². The summed E-state index contributed by atoms with van der Waals surface area (Å²) in [4.78, 5) is 20.4. The van der Waals surface area contributed by atoms with Crippen molar-refractivity contribution in [3.63, 3.8) is 0 Å². The van der Waals surface area contributed by atoms with Crippen LogP contribution in [0.5, 0.6) is 0 Å². The van der Waals surface area contributed by atoms with Crippen molar-refractivity contribution >= 4 is 28.5 Å². The van der Waals surface area contributed by atoms with Gasteiger partial charge in [0.05, 0.1) is 23.3 Å². The lowest BCUT2D eigenvalue weighted by molar-refractivity contribution is 0.212. The second-order valence-electron chi connectivity index (χ2n) is 8.60. The zero-order chi connectivity index (χ0) is 21.8. The molecule has 0 spiro atoms. The molecule has 8 heteroatoms. The predicted molar refractivity (Wildman–Crippen MR) is 125 cm³/mol. The molecule has 1 fully saturated rings. The fraction of sp³-hybridized carbons (Fsp3) is 0.478. The highest BCUT2D eigenvalue weighted by Gasteiger charge is 2.24. The Morgan fingerprint density at radius 2 is 1.81 bits per heavy atom. The molecule has 8 nitrogen and oxygen atoms in total. The van der Waals surface area contributed by atoms with Gasteiger partial charge in [-0.3, -0.25) is 4.98 Å². The van der Waals surface area contributed by atoms with Crippen LogP contribution in [0, 0.1) is 0 Å². The monoisotopic (exact) mass is 421 g/mol. The van der Waals surface area contributed by atoms with E-state index in [9.17, 15) is 5.11 Å². The Balaban J connectivity index is 1.63. The largest absolute Gasteiger partial charge is 0.394 e. The molecule has 0 saturated carbocycles. The van der Waals surface area contributed by atoms with Crippen molar-refractivity contribution in [3.05, 3.63) is 30.7 Å². The van der Waals surface area contributed by atoms with Crippen molar-refractivity contribution in [2.24, 2.45) is 0 Å². The van der Waals surface area contributed by atoms with Gasteiger partial charge in [0.15, 0.2) is 0 Å². The van der Waals surface area contributed by atoms with Crippen molar-refractivity contribution in [3.8, 4) is 11.1 Å². The molecular formula is C23H31N7O. The molecule has 0 radical (unpaired) electrons. The molecule has 1 unspecified atom stereocenters. The van der Waals surface area contributed by atoms with E-state index in [0.717, 1.165) is 60.6 Å². The Bertz CT molecular complexity index is 1030. The predicted octanol–water partition coefficient (Wildman–Crippen LogP) is 3.62. The van der Waals surface area contributed by atoms with Crippen LogP contribution in [0.3, 0.4) is 0 Å². The second-order valence-corrected chi connectivity index (χ2v) is 8.60. The van der Waals surface area contributed by atoms with Gasteiger partial charge >= 0.3 is 0 Å². The fourth-order valence-electron chi connectivity index (χ4n) is 4.01. The number of aliphatic hydroxyl groups is 1. The highest BCUT2D eigenvalue weighted by molar-refractivity contribution is 5.91. The van der Waals surface area contributed by atoms with Gasteiger partial charge < -0.3 is 21.1 Å². The minimum Gasteiger partial charge on any atom is -0.394 e. The van der Waals surface area contributed by atoms with Crippen LogP contribution in [0.25, 0.3) is 22.2 Å². The maximum Gasteiger partial charge on any atom is 0.225 e. The summed E-state index contributed by atoms with van der Waals surface area (Å²) in [6.45, 7) is 6.21. The third-order valence-electron chi connectivity index (χ3n) is 5.89. The number of unbranched alkanes of at least 4 members (excludes halogenated alkanes) is 1. The van der Waals surface area contributed by atoms with Crippen LogP contribution >= 0.6 is 0 Å². The SMILES string of the molecule is CCCCC(C)(CO)Nc1cc(N)nc2cc(-c3cnc(N4CCCC4)nc3)cnc12. The van der Waals surface area contributed by atoms with Crippen molar-refractivity contribution in [2.45, 2.75) is 51.5 Å². The van der Waals surface area contributed by atoms with Crippen LogP contribution in [-0.2, 0) is 0 Å². The zero-order valence-electron chi connectivity index (χ0n) is 18.3. The Labute approximate surface area is 183 Å². The number of fused-ring (bicyclic) bond motifs is 1. The number of pyridine rings is 2. The van der Waals surface area contributed by atoms with E-state index in [1.807, 2.05) is 31.6 Å². The van der Waals surface area contributed by atoms with E-state index in [0.29, 0.717) is 11.3 Å². The molecule has 0 bridgehead atoms. The first-order chi connectivity index (χ1) is 15.0. The van der Waals surface area contributed by atoms with Crippen LogP contribution in [0.4, 0.5) is 17.5 Å². The molecule has 4 heterocycles. The van der Waals surface area contributed by atoms with E-state index in [-0.39, 0.29) is 6.61 Å². The topological polar surface area (TPSA) is 113 Å². The first kappa shape index (κ1) is 21.2. The summed E-state index contributed by atoms with van der Waals surface area (Å²) in [5.74, 6) is 1.18. The molecule has 3 aromatic rings. The average molecular weight is 422 g/mol. The molecule has 1 atom stereocenters. The van der Waals surface area contributed by atoms with Crippen molar-refractivity contribution in [1.82, 2.24) is 19.9 Å². The summed E-state index contributed by atoms with van der Waals surface area (Å²) in [5.41, 5.74) is 9.62. The van der Waals surface area contributed by atoms with Crippen LogP contribution in [0.15, 0.2) is 30.7 Å². The third-order valence-corrected chi connectivity index (χ3v) is 5.89. The number of rotatable bonds is 8. The molecule has 0 aliphatic carbocycles. The average Bonchev–Trinajstić information content (AvgIpc) is 3.32. The first-order valence-corrected chi connectivity index (χ1v) is 11.0. The highest BCUT2D eigenvalue weighted by atomic mass is 16.3. The summed E-state index contributed by atoms with van der Waals surface area (Å²) < 4.78 is 0. The number of nitrogens with zero attached hydrogens (tertiary/aromatic N) is 5. The molecule has 3 aromatic heterocycles. The normalized spacial score (nSPS) is 15.9. The lowest BCUT2D eigenvalue weighted by Gasteiger charge is -2.30. The maximum absolute atomic E-state index is 9.96. The molecular weight excluding hydrogens is 390 g/mol. The number of aromatic nitrogens is 4. The minimum absolute atomic E-state index is 0.0233. The minimum atomic E-state index is -0.448. The first-order valence-electron chi connectivity index (χ1n) is 11.0. The summed E-state index contributed by atoms with van der Waals surface area (Å²) in [7, 11) is 0. The van der Waals surface area contributed by atoms with Gasteiger partial charge in [0.25, 0.3) is 0 Å².